The summed E-state index contributed by atoms with van der Waals surface area (Å²) < 4.78 is 0. The van der Waals surface area contributed by atoms with E-state index < -0.39 is 11.0 Å². The number of anilines is 2. The Morgan fingerprint density at radius 1 is 0.893 bits per heavy atom. The summed E-state index contributed by atoms with van der Waals surface area (Å²) in [5.41, 5.74) is 2.49. The molecule has 0 heterocycles. The molecule has 7 heteroatoms. The molecule has 0 radical (unpaired) electrons. The lowest BCUT2D eigenvalue weighted by atomic mass is 10.00. The number of nitrogens with one attached hydrogen (secondary N) is 2. The van der Waals surface area contributed by atoms with Gasteiger partial charge in [-0.15, -0.1) is 0 Å². The number of benzene rings is 3. The van der Waals surface area contributed by atoms with Crippen LogP contribution in [-0.2, 0) is 0 Å². The smallest absolute Gasteiger partial charge is 0.308 e. The lowest BCUT2D eigenvalue weighted by Gasteiger charge is -2.12. The first-order valence-corrected chi connectivity index (χ1v) is 8.47. The fourth-order valence-corrected chi connectivity index (χ4v) is 2.65. The average molecular weight is 375 g/mol. The molecule has 0 aliphatic heterocycles. The van der Waals surface area contributed by atoms with Crippen molar-refractivity contribution in [3.8, 4) is 0 Å². The molecule has 0 aromatic heterocycles. The third-order valence-corrected chi connectivity index (χ3v) is 4.04. The zero-order valence-corrected chi connectivity index (χ0v) is 15.0. The van der Waals surface area contributed by atoms with Crippen molar-refractivity contribution in [3.63, 3.8) is 0 Å². The van der Waals surface area contributed by atoms with Gasteiger partial charge in [0.15, 0.2) is 5.78 Å². The summed E-state index contributed by atoms with van der Waals surface area (Å²) in [5.74, 6) is -0.199. The third-order valence-electron chi connectivity index (χ3n) is 4.04. The molecule has 140 valence electrons. The minimum absolute atomic E-state index is 0.0692. The molecule has 0 aliphatic rings. The zero-order valence-electron chi connectivity index (χ0n) is 15.0. The van der Waals surface area contributed by atoms with E-state index in [-0.39, 0.29) is 11.5 Å². The number of nitro groups is 1. The highest BCUT2D eigenvalue weighted by Crippen LogP contribution is 2.22. The number of nitrogens with zero attached hydrogens (tertiary/aromatic N) is 1. The van der Waals surface area contributed by atoms with E-state index in [0.717, 1.165) is 5.56 Å². The number of carbonyl (C=O) groups is 2. The SMILES string of the molecule is Cc1ccc(NC(=O)Nc2ccc([N+](=O)[O-])cc2)c(C(=O)c2ccccc2)c1. The molecule has 3 rings (SSSR count). The molecule has 2 N–H and O–H groups in total. The van der Waals surface area contributed by atoms with Gasteiger partial charge in [-0.2, -0.15) is 0 Å². The lowest BCUT2D eigenvalue weighted by Crippen LogP contribution is -2.21. The van der Waals surface area contributed by atoms with Gasteiger partial charge in [-0.3, -0.25) is 14.9 Å². The summed E-state index contributed by atoms with van der Waals surface area (Å²) >= 11 is 0. The topological polar surface area (TPSA) is 101 Å². The Morgan fingerprint density at radius 2 is 1.57 bits per heavy atom. The first-order valence-electron chi connectivity index (χ1n) is 8.47. The Balaban J connectivity index is 1.79. The summed E-state index contributed by atoms with van der Waals surface area (Å²) in [5, 5.41) is 16.0. The Labute approximate surface area is 161 Å². The zero-order chi connectivity index (χ0) is 20.1. The van der Waals surface area contributed by atoms with E-state index in [2.05, 4.69) is 10.6 Å². The monoisotopic (exact) mass is 375 g/mol. The van der Waals surface area contributed by atoms with Crippen LogP contribution in [0.25, 0.3) is 0 Å². The molecular weight excluding hydrogens is 358 g/mol. The van der Waals surface area contributed by atoms with Gasteiger partial charge < -0.3 is 10.6 Å². The highest BCUT2D eigenvalue weighted by Gasteiger charge is 2.16. The van der Waals surface area contributed by atoms with Crippen LogP contribution in [0.5, 0.6) is 0 Å². The highest BCUT2D eigenvalue weighted by atomic mass is 16.6. The van der Waals surface area contributed by atoms with E-state index in [4.69, 9.17) is 0 Å². The first-order chi connectivity index (χ1) is 13.4. The Bertz CT molecular complexity index is 1030. The summed E-state index contributed by atoms with van der Waals surface area (Å²) in [6.07, 6.45) is 0. The average Bonchev–Trinajstić information content (AvgIpc) is 2.70. The molecule has 0 bridgehead atoms. The second kappa shape index (κ2) is 8.13. The molecular formula is C21H17N3O4. The van der Waals surface area contributed by atoms with Gasteiger partial charge in [-0.05, 0) is 31.2 Å². The second-order valence-corrected chi connectivity index (χ2v) is 6.13. The largest absolute Gasteiger partial charge is 0.323 e. The molecule has 3 aromatic carbocycles. The molecule has 0 atom stereocenters. The van der Waals surface area contributed by atoms with Crippen LogP contribution in [0, 0.1) is 17.0 Å². The van der Waals surface area contributed by atoms with Gasteiger partial charge in [0.05, 0.1) is 10.6 Å². The van der Waals surface area contributed by atoms with E-state index >= 15 is 0 Å². The molecule has 3 aromatic rings. The molecule has 7 nitrogen and oxygen atoms in total. The van der Waals surface area contributed by atoms with E-state index in [9.17, 15) is 19.7 Å². The Morgan fingerprint density at radius 3 is 2.21 bits per heavy atom. The summed E-state index contributed by atoms with van der Waals surface area (Å²) in [7, 11) is 0. The van der Waals surface area contributed by atoms with E-state index in [1.807, 2.05) is 13.0 Å². The minimum atomic E-state index is -0.556. The molecule has 2 amide bonds. The predicted octanol–water partition coefficient (Wildman–Crippen LogP) is 4.78. The van der Waals surface area contributed by atoms with E-state index in [1.165, 1.54) is 24.3 Å². The maximum Gasteiger partial charge on any atom is 0.323 e. The van der Waals surface area contributed by atoms with Crippen molar-refractivity contribution in [2.45, 2.75) is 6.92 Å². The summed E-state index contributed by atoms with van der Waals surface area (Å²) in [4.78, 5) is 35.3. The molecule has 0 fully saturated rings. The van der Waals surface area contributed by atoms with Crippen molar-refractivity contribution >= 4 is 28.9 Å². The van der Waals surface area contributed by atoms with Crippen LogP contribution in [0.1, 0.15) is 21.5 Å². The number of amides is 2. The van der Waals surface area contributed by atoms with Crippen molar-refractivity contribution in [2.24, 2.45) is 0 Å². The molecule has 0 spiro atoms. The maximum atomic E-state index is 12.8. The molecule has 0 aliphatic carbocycles. The van der Waals surface area contributed by atoms with Crippen LogP contribution < -0.4 is 10.6 Å². The fraction of sp³-hybridized carbons (Fsp3) is 0.0476. The van der Waals surface area contributed by atoms with Gasteiger partial charge >= 0.3 is 6.03 Å². The molecule has 0 saturated carbocycles. The number of carbonyl (C=O) groups excluding carboxylic acids is 2. The van der Waals surface area contributed by atoms with Crippen molar-refractivity contribution in [1.82, 2.24) is 0 Å². The number of hydrogen-bond donors (Lipinski definition) is 2. The molecule has 28 heavy (non-hydrogen) atoms. The van der Waals surface area contributed by atoms with Crippen LogP contribution >= 0.6 is 0 Å². The quantitative estimate of drug-likeness (QED) is 0.381. The summed E-state index contributed by atoms with van der Waals surface area (Å²) in [6.45, 7) is 1.86. The second-order valence-electron chi connectivity index (χ2n) is 6.13. The predicted molar refractivity (Wildman–Crippen MR) is 107 cm³/mol. The van der Waals surface area contributed by atoms with Gasteiger partial charge in [0.2, 0.25) is 0 Å². The Kier molecular flexibility index (Phi) is 5.45. The third kappa shape index (κ3) is 4.39. The molecule has 0 saturated heterocycles. The van der Waals surface area contributed by atoms with Crippen LogP contribution in [0.4, 0.5) is 21.9 Å². The van der Waals surface area contributed by atoms with Gasteiger partial charge in [-0.25, -0.2) is 4.79 Å². The standard InChI is InChI=1S/C21H17N3O4/c1-14-7-12-19(18(13-14)20(25)15-5-3-2-4-6-15)23-21(26)22-16-8-10-17(11-9-16)24(27)28/h2-13H,1H3,(H2,22,23,26). The van der Waals surface area contributed by atoms with Crippen LogP contribution in [0.2, 0.25) is 0 Å². The number of hydrogen-bond acceptors (Lipinski definition) is 4. The van der Waals surface area contributed by atoms with Crippen LogP contribution in [0.15, 0.2) is 72.8 Å². The summed E-state index contributed by atoms with van der Waals surface area (Å²) in [6, 6.07) is 18.9. The van der Waals surface area contributed by atoms with Gasteiger partial charge in [0.1, 0.15) is 0 Å². The van der Waals surface area contributed by atoms with Crippen molar-refractivity contribution < 1.29 is 14.5 Å². The highest BCUT2D eigenvalue weighted by molar-refractivity contribution is 6.14. The Hall–Kier alpha value is -4.00. The van der Waals surface area contributed by atoms with Crippen molar-refractivity contribution in [3.05, 3.63) is 99.6 Å². The van der Waals surface area contributed by atoms with Crippen molar-refractivity contribution in [1.29, 1.82) is 0 Å². The number of ketones is 1. The fourth-order valence-electron chi connectivity index (χ4n) is 2.65. The maximum absolute atomic E-state index is 12.8. The first kappa shape index (κ1) is 18.8. The number of non-ortho nitro benzene ring substituents is 1. The number of aryl methyl sites for hydroxylation is 1. The number of rotatable bonds is 5. The van der Waals surface area contributed by atoms with Gasteiger partial charge in [0, 0.05) is 28.9 Å². The molecule has 0 unspecified atom stereocenters. The van der Waals surface area contributed by atoms with E-state index in [0.29, 0.717) is 22.5 Å². The van der Waals surface area contributed by atoms with Gasteiger partial charge in [0.25, 0.3) is 5.69 Å². The van der Waals surface area contributed by atoms with E-state index in [1.54, 1.807) is 42.5 Å². The number of nitro benzene ring substituents is 1. The normalized spacial score (nSPS) is 10.2. The van der Waals surface area contributed by atoms with Crippen molar-refractivity contribution in [2.75, 3.05) is 10.6 Å². The van der Waals surface area contributed by atoms with Crippen LogP contribution in [-0.4, -0.2) is 16.7 Å². The van der Waals surface area contributed by atoms with Gasteiger partial charge in [-0.1, -0.05) is 42.0 Å². The number of urea groups is 1. The van der Waals surface area contributed by atoms with Crippen LogP contribution in [0.3, 0.4) is 0 Å². The minimum Gasteiger partial charge on any atom is -0.308 e. The lowest BCUT2D eigenvalue weighted by molar-refractivity contribution is -0.384.